The van der Waals surface area contributed by atoms with E-state index in [1.165, 1.54) is 37.7 Å². The van der Waals surface area contributed by atoms with E-state index in [9.17, 15) is 0 Å². The predicted octanol–water partition coefficient (Wildman–Crippen LogP) is 2.59. The predicted molar refractivity (Wildman–Crippen MR) is 84.5 cm³/mol. The van der Waals surface area contributed by atoms with Gasteiger partial charge in [0.25, 0.3) is 0 Å². The average molecular weight is 289 g/mol. The van der Waals surface area contributed by atoms with Gasteiger partial charge in [-0.2, -0.15) is 0 Å². The fraction of sp³-hybridized carbons (Fsp3) is 0.706. The molecule has 2 bridgehead atoms. The molecule has 1 aromatic heterocycles. The summed E-state index contributed by atoms with van der Waals surface area (Å²) in [5, 5.41) is 3.74. The molecule has 0 saturated carbocycles. The molecule has 21 heavy (non-hydrogen) atoms. The molecule has 0 spiro atoms. The summed E-state index contributed by atoms with van der Waals surface area (Å²) in [7, 11) is 1.71. The number of pyridine rings is 1. The molecule has 4 heteroatoms. The molecule has 116 valence electrons. The van der Waals surface area contributed by atoms with E-state index in [2.05, 4.69) is 28.2 Å². The zero-order valence-electron chi connectivity index (χ0n) is 13.2. The normalized spacial score (nSPS) is 28.0. The van der Waals surface area contributed by atoms with Gasteiger partial charge in [0.1, 0.15) is 0 Å². The minimum Gasteiger partial charge on any atom is -0.481 e. The van der Waals surface area contributed by atoms with Crippen LogP contribution in [0, 0.1) is 0 Å². The van der Waals surface area contributed by atoms with Crippen molar-refractivity contribution >= 4 is 0 Å². The van der Waals surface area contributed by atoms with Crippen LogP contribution in [0.4, 0.5) is 0 Å². The van der Waals surface area contributed by atoms with Gasteiger partial charge in [0.2, 0.25) is 5.88 Å². The lowest BCUT2D eigenvalue weighted by atomic mass is 9.97. The zero-order chi connectivity index (χ0) is 14.7. The Morgan fingerprint density at radius 3 is 2.76 bits per heavy atom. The van der Waals surface area contributed by atoms with Crippen molar-refractivity contribution in [3.63, 3.8) is 0 Å². The molecule has 2 saturated heterocycles. The summed E-state index contributed by atoms with van der Waals surface area (Å²) in [6.07, 6.45) is 8.30. The highest BCUT2D eigenvalue weighted by Gasteiger charge is 2.35. The number of piperidine rings is 1. The maximum atomic E-state index is 5.42. The molecule has 0 radical (unpaired) electrons. The zero-order valence-corrected chi connectivity index (χ0v) is 13.2. The maximum Gasteiger partial charge on any atom is 0.217 e. The van der Waals surface area contributed by atoms with Crippen molar-refractivity contribution in [3.8, 4) is 5.88 Å². The van der Waals surface area contributed by atoms with Crippen LogP contribution in [0.3, 0.4) is 0 Å². The van der Waals surface area contributed by atoms with Gasteiger partial charge in [-0.3, -0.25) is 4.90 Å². The van der Waals surface area contributed by atoms with Gasteiger partial charge in [0, 0.05) is 36.4 Å². The van der Waals surface area contributed by atoms with Gasteiger partial charge in [-0.1, -0.05) is 13.0 Å². The monoisotopic (exact) mass is 289 g/mol. The number of nitrogens with one attached hydrogen (secondary N) is 1. The third-order valence-electron chi connectivity index (χ3n) is 4.89. The van der Waals surface area contributed by atoms with Crippen LogP contribution in [0.2, 0.25) is 0 Å². The van der Waals surface area contributed by atoms with E-state index in [0.717, 1.165) is 31.1 Å². The lowest BCUT2D eigenvalue weighted by molar-refractivity contribution is 0.132. The Labute approximate surface area is 127 Å². The van der Waals surface area contributed by atoms with Gasteiger partial charge < -0.3 is 10.1 Å². The van der Waals surface area contributed by atoms with E-state index < -0.39 is 0 Å². The van der Waals surface area contributed by atoms with E-state index in [1.54, 1.807) is 13.3 Å². The molecule has 2 aliphatic rings. The van der Waals surface area contributed by atoms with Crippen LogP contribution in [0.15, 0.2) is 18.3 Å². The van der Waals surface area contributed by atoms with Crippen LogP contribution >= 0.6 is 0 Å². The topological polar surface area (TPSA) is 37.4 Å². The number of hydrogen-bond acceptors (Lipinski definition) is 4. The Kier molecular flexibility index (Phi) is 4.76. The highest BCUT2D eigenvalue weighted by Crippen LogP contribution is 2.31. The second-order valence-corrected chi connectivity index (χ2v) is 6.41. The molecule has 1 aromatic rings. The third-order valence-corrected chi connectivity index (χ3v) is 4.89. The third kappa shape index (κ3) is 3.38. The lowest BCUT2D eigenvalue weighted by Crippen LogP contribution is -2.48. The van der Waals surface area contributed by atoms with Crippen molar-refractivity contribution in [2.45, 2.75) is 63.7 Å². The van der Waals surface area contributed by atoms with Crippen molar-refractivity contribution in [3.05, 3.63) is 23.9 Å². The van der Waals surface area contributed by atoms with Crippen molar-refractivity contribution in [2.75, 3.05) is 13.7 Å². The fourth-order valence-corrected chi connectivity index (χ4v) is 3.95. The second kappa shape index (κ2) is 6.75. The molecule has 2 unspecified atom stereocenters. The molecule has 2 fully saturated rings. The minimum atomic E-state index is 0.702. The first-order valence-corrected chi connectivity index (χ1v) is 8.28. The van der Waals surface area contributed by atoms with Crippen LogP contribution in [0.25, 0.3) is 0 Å². The van der Waals surface area contributed by atoms with Crippen LogP contribution < -0.4 is 10.1 Å². The summed E-state index contributed by atoms with van der Waals surface area (Å²) >= 11 is 0. The van der Waals surface area contributed by atoms with Crippen LogP contribution in [-0.2, 0) is 6.54 Å². The first kappa shape index (κ1) is 14.8. The summed E-state index contributed by atoms with van der Waals surface area (Å²) < 4.78 is 5.42. The number of fused-ring (bicyclic) bond motifs is 2. The Hall–Kier alpha value is -1.13. The standard InChI is InChI=1S/C17H27N3O/c1-3-9-20(12-13-5-4-8-18-17(13)21-2)16-10-14-6-7-15(11-16)19-14/h4-5,8,14-16,19H,3,6-7,9-12H2,1-2H3. The first-order chi connectivity index (χ1) is 10.3. The Morgan fingerprint density at radius 1 is 1.33 bits per heavy atom. The number of ether oxygens (including phenoxy) is 1. The van der Waals surface area contributed by atoms with Crippen LogP contribution in [-0.4, -0.2) is 41.7 Å². The molecule has 2 aliphatic heterocycles. The fourth-order valence-electron chi connectivity index (χ4n) is 3.95. The largest absolute Gasteiger partial charge is 0.481 e. The quantitative estimate of drug-likeness (QED) is 0.873. The van der Waals surface area contributed by atoms with Crippen LogP contribution in [0.5, 0.6) is 5.88 Å². The molecule has 4 nitrogen and oxygen atoms in total. The summed E-state index contributed by atoms with van der Waals surface area (Å²) in [6.45, 7) is 4.38. The highest BCUT2D eigenvalue weighted by molar-refractivity contribution is 5.25. The number of rotatable bonds is 6. The Balaban J connectivity index is 1.72. The van der Waals surface area contributed by atoms with E-state index >= 15 is 0 Å². The molecular weight excluding hydrogens is 262 g/mol. The van der Waals surface area contributed by atoms with Crippen molar-refractivity contribution in [1.82, 2.24) is 15.2 Å². The maximum absolute atomic E-state index is 5.42. The summed E-state index contributed by atoms with van der Waals surface area (Å²) in [5.41, 5.74) is 1.21. The average Bonchev–Trinajstić information content (AvgIpc) is 2.85. The van der Waals surface area contributed by atoms with Crippen molar-refractivity contribution in [2.24, 2.45) is 0 Å². The van der Waals surface area contributed by atoms with E-state index in [1.807, 2.05) is 6.07 Å². The Morgan fingerprint density at radius 2 is 2.10 bits per heavy atom. The van der Waals surface area contributed by atoms with Gasteiger partial charge in [0.15, 0.2) is 0 Å². The second-order valence-electron chi connectivity index (χ2n) is 6.41. The van der Waals surface area contributed by atoms with E-state index in [0.29, 0.717) is 6.04 Å². The lowest BCUT2D eigenvalue weighted by Gasteiger charge is -2.38. The van der Waals surface area contributed by atoms with Crippen LogP contribution in [0.1, 0.15) is 44.6 Å². The summed E-state index contributed by atoms with van der Waals surface area (Å²) in [6, 6.07) is 6.33. The van der Waals surface area contributed by atoms with Crippen molar-refractivity contribution in [1.29, 1.82) is 0 Å². The molecule has 3 heterocycles. The molecule has 0 amide bonds. The number of hydrogen-bond donors (Lipinski definition) is 1. The van der Waals surface area contributed by atoms with E-state index in [-0.39, 0.29) is 0 Å². The molecule has 0 aliphatic carbocycles. The summed E-state index contributed by atoms with van der Waals surface area (Å²) in [5.74, 6) is 0.774. The van der Waals surface area contributed by atoms with Gasteiger partial charge in [-0.25, -0.2) is 4.98 Å². The van der Waals surface area contributed by atoms with Gasteiger partial charge in [-0.15, -0.1) is 0 Å². The molecule has 3 rings (SSSR count). The molecule has 0 aromatic carbocycles. The summed E-state index contributed by atoms with van der Waals surface area (Å²) in [4.78, 5) is 6.98. The number of nitrogens with zero attached hydrogens (tertiary/aromatic N) is 2. The highest BCUT2D eigenvalue weighted by atomic mass is 16.5. The van der Waals surface area contributed by atoms with Gasteiger partial charge in [0.05, 0.1) is 7.11 Å². The minimum absolute atomic E-state index is 0.702. The SMILES string of the molecule is CCCN(Cc1cccnc1OC)C1CC2CCC(C1)N2. The van der Waals surface area contributed by atoms with Crippen molar-refractivity contribution < 1.29 is 4.74 Å². The molecule has 1 N–H and O–H groups in total. The molecular formula is C17H27N3O. The first-order valence-electron chi connectivity index (χ1n) is 8.28. The van der Waals surface area contributed by atoms with E-state index in [4.69, 9.17) is 4.74 Å². The number of methoxy groups -OCH3 is 1. The van der Waals surface area contributed by atoms with Gasteiger partial charge >= 0.3 is 0 Å². The number of aromatic nitrogens is 1. The Bertz CT molecular complexity index is 453. The smallest absolute Gasteiger partial charge is 0.217 e. The van der Waals surface area contributed by atoms with Gasteiger partial charge in [-0.05, 0) is 44.7 Å². The molecule has 2 atom stereocenters.